The molecule has 4 rings (SSSR count). The van der Waals surface area contributed by atoms with Crippen molar-refractivity contribution in [1.29, 1.82) is 0 Å². The Morgan fingerprint density at radius 2 is 1.77 bits per heavy atom. The van der Waals surface area contributed by atoms with Gasteiger partial charge in [0, 0.05) is 11.2 Å². The zero-order valence-electron chi connectivity index (χ0n) is 13.8. The van der Waals surface area contributed by atoms with Crippen LogP contribution in [0.2, 0.25) is 5.82 Å². The van der Waals surface area contributed by atoms with Crippen LogP contribution in [0.3, 0.4) is 0 Å². The molecule has 2 fully saturated rings. The molecular formula is C17H23B2NO2. The number of anilines is 1. The standard InChI is InChI=1S/C17H23B2NO2/c1-16(2)17(3,4)22-19(21-16)14-7-5-6-12-10-11-18(13-8-9-13)20-15(12)14/h5-7,10-11,13,20H,8-9H2,1-4H3. The Kier molecular flexibility index (Phi) is 3.05. The third-order valence-electron chi connectivity index (χ3n) is 5.56. The molecule has 1 saturated heterocycles. The van der Waals surface area contributed by atoms with Crippen molar-refractivity contribution >= 4 is 31.2 Å². The van der Waals surface area contributed by atoms with Gasteiger partial charge in [0.1, 0.15) is 0 Å². The summed E-state index contributed by atoms with van der Waals surface area (Å²) in [5, 5.41) is 3.71. The molecule has 1 aromatic carbocycles. The molecule has 0 atom stereocenters. The van der Waals surface area contributed by atoms with Crippen molar-refractivity contribution in [2.24, 2.45) is 0 Å². The van der Waals surface area contributed by atoms with Crippen molar-refractivity contribution in [3.63, 3.8) is 0 Å². The number of benzene rings is 1. The molecule has 3 nitrogen and oxygen atoms in total. The first kappa shape index (κ1) is 14.4. The number of fused-ring (bicyclic) bond motifs is 1. The zero-order chi connectivity index (χ0) is 15.5. The van der Waals surface area contributed by atoms with Crippen molar-refractivity contribution in [1.82, 2.24) is 0 Å². The molecule has 0 aromatic heterocycles. The van der Waals surface area contributed by atoms with Gasteiger partial charge in [-0.2, -0.15) is 0 Å². The van der Waals surface area contributed by atoms with Crippen LogP contribution in [0.15, 0.2) is 24.2 Å². The van der Waals surface area contributed by atoms with Gasteiger partial charge in [-0.1, -0.05) is 43.1 Å². The normalized spacial score (nSPS) is 25.1. The maximum absolute atomic E-state index is 6.24. The predicted octanol–water partition coefficient (Wildman–Crippen LogP) is 3.12. The number of nitrogens with one attached hydrogen (secondary N) is 1. The van der Waals surface area contributed by atoms with Gasteiger partial charge < -0.3 is 14.5 Å². The fraction of sp³-hybridized carbons (Fsp3) is 0.529. The summed E-state index contributed by atoms with van der Waals surface area (Å²) in [6.45, 7) is 8.85. The molecular weight excluding hydrogens is 272 g/mol. The highest BCUT2D eigenvalue weighted by Gasteiger charge is 2.52. The summed E-state index contributed by atoms with van der Waals surface area (Å²) in [5.41, 5.74) is 2.91. The minimum atomic E-state index is -0.307. The molecule has 1 saturated carbocycles. The fourth-order valence-corrected chi connectivity index (χ4v) is 3.21. The van der Waals surface area contributed by atoms with E-state index in [-0.39, 0.29) is 18.3 Å². The van der Waals surface area contributed by atoms with E-state index in [1.807, 2.05) is 0 Å². The first-order valence-electron chi connectivity index (χ1n) is 8.31. The van der Waals surface area contributed by atoms with Crippen LogP contribution in [0.5, 0.6) is 0 Å². The van der Waals surface area contributed by atoms with Crippen LogP contribution in [0.4, 0.5) is 5.69 Å². The molecule has 0 unspecified atom stereocenters. The molecule has 2 heterocycles. The Labute approximate surface area is 133 Å². The molecule has 1 aromatic rings. The second-order valence-corrected chi connectivity index (χ2v) is 7.77. The lowest BCUT2D eigenvalue weighted by Crippen LogP contribution is -2.41. The van der Waals surface area contributed by atoms with Gasteiger partial charge in [-0.25, -0.2) is 0 Å². The van der Waals surface area contributed by atoms with E-state index < -0.39 is 0 Å². The maximum atomic E-state index is 6.24. The summed E-state index contributed by atoms with van der Waals surface area (Å²) in [6.07, 6.45) is 4.90. The Bertz CT molecular complexity index is 622. The summed E-state index contributed by atoms with van der Waals surface area (Å²) >= 11 is 0. The molecule has 1 N–H and O–H groups in total. The minimum absolute atomic E-state index is 0.305. The maximum Gasteiger partial charge on any atom is 0.496 e. The lowest BCUT2D eigenvalue weighted by molar-refractivity contribution is 0.00578. The highest BCUT2D eigenvalue weighted by Crippen LogP contribution is 2.42. The minimum Gasteiger partial charge on any atom is -0.424 e. The molecule has 0 spiro atoms. The van der Waals surface area contributed by atoms with E-state index in [1.54, 1.807) is 0 Å². The van der Waals surface area contributed by atoms with Crippen molar-refractivity contribution in [2.75, 3.05) is 5.23 Å². The summed E-state index contributed by atoms with van der Waals surface area (Å²) in [6, 6.07) is 6.36. The van der Waals surface area contributed by atoms with E-state index in [4.69, 9.17) is 9.31 Å². The molecule has 0 radical (unpaired) electrons. The topological polar surface area (TPSA) is 30.5 Å². The van der Waals surface area contributed by atoms with Gasteiger partial charge in [-0.15, -0.1) is 0 Å². The van der Waals surface area contributed by atoms with Crippen LogP contribution in [-0.2, 0) is 9.31 Å². The van der Waals surface area contributed by atoms with E-state index in [2.05, 4.69) is 63.2 Å². The summed E-state index contributed by atoms with van der Waals surface area (Å²) in [4.78, 5) is 0. The first-order valence-corrected chi connectivity index (χ1v) is 8.31. The number of para-hydroxylation sites is 1. The monoisotopic (exact) mass is 295 g/mol. The van der Waals surface area contributed by atoms with Crippen molar-refractivity contribution < 1.29 is 9.31 Å². The van der Waals surface area contributed by atoms with Crippen LogP contribution in [0, 0.1) is 0 Å². The highest BCUT2D eigenvalue weighted by atomic mass is 16.7. The summed E-state index contributed by atoms with van der Waals surface area (Å²) in [5.74, 6) is 3.09. The van der Waals surface area contributed by atoms with Gasteiger partial charge in [0.05, 0.1) is 11.2 Å². The largest absolute Gasteiger partial charge is 0.496 e. The van der Waals surface area contributed by atoms with E-state index in [0.717, 1.165) is 11.3 Å². The van der Waals surface area contributed by atoms with Crippen LogP contribution in [0.1, 0.15) is 46.1 Å². The molecule has 3 aliphatic rings. The second kappa shape index (κ2) is 4.65. The highest BCUT2D eigenvalue weighted by molar-refractivity contribution is 6.73. The van der Waals surface area contributed by atoms with Crippen LogP contribution < -0.4 is 10.7 Å². The molecule has 1 aliphatic carbocycles. The van der Waals surface area contributed by atoms with E-state index in [0.29, 0.717) is 6.85 Å². The van der Waals surface area contributed by atoms with Crippen LogP contribution in [-0.4, -0.2) is 25.2 Å². The molecule has 0 amide bonds. The Morgan fingerprint density at radius 1 is 1.09 bits per heavy atom. The average Bonchev–Trinajstić information content (AvgIpc) is 3.26. The SMILES string of the molecule is CC1(C)OB(c2cccc3c2NB(C2CC2)C=C3)OC1(C)C. The van der Waals surface area contributed by atoms with E-state index >= 15 is 0 Å². The van der Waals surface area contributed by atoms with Gasteiger partial charge >= 0.3 is 7.12 Å². The van der Waals surface area contributed by atoms with Gasteiger partial charge in [0.15, 0.2) is 0 Å². The molecule has 114 valence electrons. The average molecular weight is 295 g/mol. The van der Waals surface area contributed by atoms with Crippen molar-refractivity contribution in [3.05, 3.63) is 29.7 Å². The predicted molar refractivity (Wildman–Crippen MR) is 93.6 cm³/mol. The van der Waals surface area contributed by atoms with E-state index in [1.165, 1.54) is 24.1 Å². The molecule has 5 heteroatoms. The van der Waals surface area contributed by atoms with Crippen molar-refractivity contribution in [3.8, 4) is 0 Å². The lowest BCUT2D eigenvalue weighted by atomic mass is 9.54. The Morgan fingerprint density at radius 3 is 2.41 bits per heavy atom. The molecule has 2 aliphatic heterocycles. The van der Waals surface area contributed by atoms with Crippen molar-refractivity contribution in [2.45, 2.75) is 57.6 Å². The number of rotatable bonds is 2. The Hall–Kier alpha value is -1.19. The number of hydrogen-bond donors (Lipinski definition) is 1. The van der Waals surface area contributed by atoms with Gasteiger partial charge in [-0.3, -0.25) is 0 Å². The third kappa shape index (κ3) is 2.22. The van der Waals surface area contributed by atoms with Gasteiger partial charge in [0.25, 0.3) is 6.85 Å². The smallest absolute Gasteiger partial charge is 0.424 e. The van der Waals surface area contributed by atoms with Crippen LogP contribution in [0.25, 0.3) is 6.08 Å². The van der Waals surface area contributed by atoms with Crippen LogP contribution >= 0.6 is 0 Å². The summed E-state index contributed by atoms with van der Waals surface area (Å²) in [7, 11) is -0.307. The quantitative estimate of drug-likeness (QED) is 0.850. The van der Waals surface area contributed by atoms with Gasteiger partial charge in [0.2, 0.25) is 0 Å². The zero-order valence-corrected chi connectivity index (χ0v) is 13.8. The van der Waals surface area contributed by atoms with Gasteiger partial charge in [-0.05, 0) is 39.1 Å². The summed E-state index contributed by atoms with van der Waals surface area (Å²) < 4.78 is 12.5. The number of hydrogen-bond acceptors (Lipinski definition) is 3. The Balaban J connectivity index is 1.68. The molecule has 0 bridgehead atoms. The molecule has 22 heavy (non-hydrogen) atoms. The first-order chi connectivity index (χ1) is 10.4. The van der Waals surface area contributed by atoms with E-state index in [9.17, 15) is 0 Å². The second-order valence-electron chi connectivity index (χ2n) is 7.77. The lowest BCUT2D eigenvalue weighted by Gasteiger charge is -2.32. The third-order valence-corrected chi connectivity index (χ3v) is 5.56. The fourth-order valence-electron chi connectivity index (χ4n) is 3.21.